The first-order valence-electron chi connectivity index (χ1n) is 11.1. The van der Waals surface area contributed by atoms with E-state index in [0.29, 0.717) is 5.88 Å². The van der Waals surface area contributed by atoms with Crippen molar-refractivity contribution in [3.63, 3.8) is 0 Å². The summed E-state index contributed by atoms with van der Waals surface area (Å²) in [5.74, 6) is 2.11. The molecule has 1 fully saturated rings. The molecular formula is C26H32N4O3. The van der Waals surface area contributed by atoms with E-state index in [1.165, 1.54) is 0 Å². The summed E-state index contributed by atoms with van der Waals surface area (Å²) >= 11 is 0. The zero-order chi connectivity index (χ0) is 23.4. The van der Waals surface area contributed by atoms with Crippen molar-refractivity contribution in [1.82, 2.24) is 4.98 Å². The third kappa shape index (κ3) is 4.77. The van der Waals surface area contributed by atoms with Crippen LogP contribution in [-0.2, 0) is 0 Å². The van der Waals surface area contributed by atoms with Gasteiger partial charge in [-0.1, -0.05) is 12.1 Å². The lowest BCUT2D eigenvalue weighted by Crippen LogP contribution is -2.46. The van der Waals surface area contributed by atoms with E-state index in [0.717, 1.165) is 66.0 Å². The summed E-state index contributed by atoms with van der Waals surface area (Å²) in [4.78, 5) is 11.7. The molecule has 0 spiro atoms. The Morgan fingerprint density at radius 2 is 1.39 bits per heavy atom. The van der Waals surface area contributed by atoms with E-state index < -0.39 is 0 Å². The van der Waals surface area contributed by atoms with Gasteiger partial charge in [0.2, 0.25) is 5.88 Å². The van der Waals surface area contributed by atoms with Crippen molar-refractivity contribution in [3.8, 4) is 28.6 Å². The minimum Gasteiger partial charge on any atom is -0.493 e. The first kappa shape index (κ1) is 22.6. The first-order valence-corrected chi connectivity index (χ1v) is 11.1. The van der Waals surface area contributed by atoms with Gasteiger partial charge in [0.1, 0.15) is 0 Å². The molecule has 1 saturated heterocycles. The van der Waals surface area contributed by atoms with E-state index >= 15 is 0 Å². The van der Waals surface area contributed by atoms with Crippen LogP contribution in [0.3, 0.4) is 0 Å². The number of hydrogen-bond acceptors (Lipinski definition) is 7. The predicted octanol–water partition coefficient (Wildman–Crippen LogP) is 4.17. The van der Waals surface area contributed by atoms with Gasteiger partial charge in [-0.2, -0.15) is 0 Å². The number of piperazine rings is 1. The molecule has 0 radical (unpaired) electrons. The van der Waals surface area contributed by atoms with E-state index in [4.69, 9.17) is 19.2 Å². The lowest BCUT2D eigenvalue weighted by molar-refractivity contribution is 0.355. The maximum Gasteiger partial charge on any atom is 0.213 e. The molecule has 0 unspecified atom stereocenters. The second-order valence-corrected chi connectivity index (χ2v) is 8.18. The van der Waals surface area contributed by atoms with E-state index in [9.17, 15) is 0 Å². The molecule has 0 amide bonds. The number of anilines is 3. The van der Waals surface area contributed by atoms with Gasteiger partial charge in [0.25, 0.3) is 0 Å². The van der Waals surface area contributed by atoms with Crippen molar-refractivity contribution in [2.24, 2.45) is 0 Å². The first-order chi connectivity index (χ1) is 16.0. The highest BCUT2D eigenvalue weighted by molar-refractivity contribution is 5.77. The summed E-state index contributed by atoms with van der Waals surface area (Å²) < 4.78 is 16.3. The van der Waals surface area contributed by atoms with Crippen molar-refractivity contribution < 1.29 is 14.2 Å². The molecule has 1 aliphatic heterocycles. The molecule has 0 saturated carbocycles. The Kier molecular flexibility index (Phi) is 6.77. The molecular weight excluding hydrogens is 416 g/mol. The Morgan fingerprint density at radius 1 is 0.727 bits per heavy atom. The van der Waals surface area contributed by atoms with Crippen molar-refractivity contribution in [3.05, 3.63) is 54.6 Å². The Labute approximate surface area is 196 Å². The molecule has 2 heterocycles. The van der Waals surface area contributed by atoms with Crippen molar-refractivity contribution in [1.29, 1.82) is 0 Å². The predicted molar refractivity (Wildman–Crippen MR) is 135 cm³/mol. The minimum atomic E-state index is 0.620. The maximum absolute atomic E-state index is 5.48. The summed E-state index contributed by atoms with van der Waals surface area (Å²) in [6, 6.07) is 18.6. The largest absolute Gasteiger partial charge is 0.493 e. The fraction of sp³-hybridized carbons (Fsp3) is 0.346. The SMILES string of the molecule is COc1ccc(N2CCN(c3ccc(OC)c(OC)c3)CC2)c(-c2ccc(N(C)C)cc2)n1. The van der Waals surface area contributed by atoms with Crippen LogP contribution in [0, 0.1) is 0 Å². The highest BCUT2D eigenvalue weighted by Crippen LogP contribution is 2.35. The Morgan fingerprint density at radius 3 is 2.00 bits per heavy atom. The summed E-state index contributed by atoms with van der Waals surface area (Å²) in [6.07, 6.45) is 0. The molecule has 0 N–H and O–H groups in total. The summed E-state index contributed by atoms with van der Waals surface area (Å²) in [5, 5.41) is 0. The quantitative estimate of drug-likeness (QED) is 0.538. The van der Waals surface area contributed by atoms with Gasteiger partial charge in [-0.25, -0.2) is 4.98 Å². The van der Waals surface area contributed by atoms with Gasteiger partial charge in [0, 0.05) is 69.3 Å². The highest BCUT2D eigenvalue weighted by atomic mass is 16.5. The van der Waals surface area contributed by atoms with Crippen LogP contribution in [0.1, 0.15) is 0 Å². The Balaban J connectivity index is 1.56. The van der Waals surface area contributed by atoms with Gasteiger partial charge in [0.05, 0.1) is 32.7 Å². The van der Waals surface area contributed by atoms with Crippen molar-refractivity contribution in [2.75, 3.05) is 76.3 Å². The van der Waals surface area contributed by atoms with Crippen molar-refractivity contribution >= 4 is 17.1 Å². The molecule has 0 bridgehead atoms. The van der Waals surface area contributed by atoms with Crippen molar-refractivity contribution in [2.45, 2.75) is 0 Å². The molecule has 2 aromatic carbocycles. The van der Waals surface area contributed by atoms with E-state index in [1.54, 1.807) is 21.3 Å². The van der Waals surface area contributed by atoms with Crippen LogP contribution in [-0.4, -0.2) is 66.6 Å². The maximum atomic E-state index is 5.48. The van der Waals surface area contributed by atoms with Crippen LogP contribution in [0.5, 0.6) is 17.4 Å². The number of methoxy groups -OCH3 is 3. The topological polar surface area (TPSA) is 50.3 Å². The second-order valence-electron chi connectivity index (χ2n) is 8.18. The molecule has 33 heavy (non-hydrogen) atoms. The van der Waals surface area contributed by atoms with Crippen LogP contribution in [0.25, 0.3) is 11.3 Å². The minimum absolute atomic E-state index is 0.620. The Bertz CT molecular complexity index is 1080. The number of aromatic nitrogens is 1. The van der Waals surface area contributed by atoms with E-state index in [1.807, 2.05) is 32.3 Å². The number of rotatable bonds is 7. The van der Waals surface area contributed by atoms with Crippen LogP contribution in [0.15, 0.2) is 54.6 Å². The molecule has 0 aliphatic carbocycles. The van der Waals surface area contributed by atoms with Crippen LogP contribution in [0.4, 0.5) is 17.1 Å². The van der Waals surface area contributed by atoms with Crippen LogP contribution in [0.2, 0.25) is 0 Å². The number of benzene rings is 2. The summed E-state index contributed by atoms with van der Waals surface area (Å²) in [5.41, 5.74) is 5.45. The average molecular weight is 449 g/mol. The zero-order valence-electron chi connectivity index (χ0n) is 20.0. The van der Waals surface area contributed by atoms with Gasteiger partial charge in [-0.05, 0) is 30.3 Å². The molecule has 4 rings (SSSR count). The van der Waals surface area contributed by atoms with Gasteiger partial charge >= 0.3 is 0 Å². The second kappa shape index (κ2) is 9.90. The monoisotopic (exact) mass is 448 g/mol. The molecule has 3 aromatic rings. The molecule has 1 aliphatic rings. The van der Waals surface area contributed by atoms with Gasteiger partial charge in [-0.3, -0.25) is 0 Å². The standard InChI is InChI=1S/C26H32N4O3/c1-28(2)20-8-6-19(7-9-20)26-22(11-13-25(27-26)33-5)30-16-14-29(15-17-30)21-10-12-23(31-3)24(18-21)32-4/h6-13,18H,14-17H2,1-5H3. The number of ether oxygens (including phenoxy) is 3. The molecule has 7 heteroatoms. The number of pyridine rings is 1. The third-order valence-corrected chi connectivity index (χ3v) is 6.07. The van der Waals surface area contributed by atoms with Gasteiger partial charge in [0.15, 0.2) is 11.5 Å². The van der Waals surface area contributed by atoms with Crippen LogP contribution >= 0.6 is 0 Å². The lowest BCUT2D eigenvalue weighted by Gasteiger charge is -2.38. The number of nitrogens with zero attached hydrogens (tertiary/aromatic N) is 4. The average Bonchev–Trinajstić information content (AvgIpc) is 2.88. The fourth-order valence-electron chi connectivity index (χ4n) is 4.16. The smallest absolute Gasteiger partial charge is 0.213 e. The molecule has 174 valence electrons. The summed E-state index contributed by atoms with van der Waals surface area (Å²) in [6.45, 7) is 3.59. The van der Waals surface area contributed by atoms with Crippen LogP contribution < -0.4 is 28.9 Å². The zero-order valence-corrected chi connectivity index (χ0v) is 20.0. The highest BCUT2D eigenvalue weighted by Gasteiger charge is 2.22. The molecule has 1 aromatic heterocycles. The summed E-state index contributed by atoms with van der Waals surface area (Å²) in [7, 11) is 9.07. The number of hydrogen-bond donors (Lipinski definition) is 0. The third-order valence-electron chi connectivity index (χ3n) is 6.07. The normalized spacial score (nSPS) is 13.6. The van der Waals surface area contributed by atoms with Gasteiger partial charge in [-0.15, -0.1) is 0 Å². The van der Waals surface area contributed by atoms with E-state index in [-0.39, 0.29) is 0 Å². The molecule has 7 nitrogen and oxygen atoms in total. The molecule has 0 atom stereocenters. The van der Waals surface area contributed by atoms with E-state index in [2.05, 4.69) is 51.1 Å². The lowest BCUT2D eigenvalue weighted by atomic mass is 10.1. The Hall–Kier alpha value is -3.61. The fourth-order valence-corrected chi connectivity index (χ4v) is 4.16. The van der Waals surface area contributed by atoms with Gasteiger partial charge < -0.3 is 28.9 Å².